The molecule has 0 atom stereocenters. The Bertz CT molecular complexity index is 375. The van der Waals surface area contributed by atoms with Crippen LogP contribution in [0.5, 0.6) is 0 Å². The number of nitro groups is 1. The molecule has 0 aliphatic rings. The normalized spacial score (nSPS) is 9.67. The van der Waals surface area contributed by atoms with Crippen LogP contribution < -0.4 is 5.73 Å². The first kappa shape index (κ1) is 11.0. The Labute approximate surface area is 86.4 Å². The third kappa shape index (κ3) is 2.94. The molecular weight excluding hydrogens is 198 g/mol. The predicted molar refractivity (Wildman–Crippen MR) is 53.4 cm³/mol. The molecule has 0 radical (unpaired) electrons. The van der Waals surface area contributed by atoms with Gasteiger partial charge in [0, 0.05) is 5.56 Å². The van der Waals surface area contributed by atoms with E-state index in [1.807, 2.05) is 0 Å². The van der Waals surface area contributed by atoms with E-state index in [4.69, 9.17) is 5.73 Å². The molecule has 15 heavy (non-hydrogen) atoms. The van der Waals surface area contributed by atoms with Crippen molar-refractivity contribution in [2.24, 2.45) is 5.73 Å². The number of nitrogens with two attached hydrogens (primary N) is 1. The van der Waals surface area contributed by atoms with E-state index in [2.05, 4.69) is 0 Å². The van der Waals surface area contributed by atoms with Crippen LogP contribution in [0, 0.1) is 10.1 Å². The Hall–Kier alpha value is -2.11. The van der Waals surface area contributed by atoms with E-state index in [1.54, 1.807) is 24.3 Å². The van der Waals surface area contributed by atoms with Crippen LogP contribution in [0.1, 0.15) is 15.9 Å². The Balaban J connectivity index is 2.72. The first-order valence-electron chi connectivity index (χ1n) is 4.25. The average Bonchev–Trinajstić information content (AvgIpc) is 2.18. The summed E-state index contributed by atoms with van der Waals surface area (Å²) in [6.07, 6.45) is 0. The monoisotopic (exact) mass is 209 g/mol. The molecule has 0 aliphatic carbocycles. The van der Waals surface area contributed by atoms with Crippen molar-refractivity contribution < 1.29 is 9.83 Å². The highest BCUT2D eigenvalue weighted by molar-refractivity contribution is 5.92. The number of hydrogen-bond donors (Lipinski definition) is 1. The molecule has 80 valence electrons. The largest absolute Gasteiger partial charge is 0.366 e. The van der Waals surface area contributed by atoms with Gasteiger partial charge in [0.05, 0.1) is 7.05 Å². The first-order chi connectivity index (χ1) is 7.00. The summed E-state index contributed by atoms with van der Waals surface area (Å²) in [7, 11) is 1.38. The summed E-state index contributed by atoms with van der Waals surface area (Å²) in [5, 5.41) is 10.8. The van der Waals surface area contributed by atoms with Crippen molar-refractivity contribution in [2.45, 2.75) is 6.54 Å². The maximum absolute atomic E-state index is 10.7. The number of benzene rings is 1. The summed E-state index contributed by atoms with van der Waals surface area (Å²) in [4.78, 5) is 21.1. The molecule has 6 nitrogen and oxygen atoms in total. The molecule has 2 N–H and O–H groups in total. The molecule has 1 aromatic rings. The molecule has 0 bridgehead atoms. The number of carbonyl (C=O) groups is 1. The van der Waals surface area contributed by atoms with Crippen LogP contribution in [0.15, 0.2) is 24.3 Å². The molecule has 0 heterocycles. The van der Waals surface area contributed by atoms with Gasteiger partial charge in [-0.15, -0.1) is 5.01 Å². The van der Waals surface area contributed by atoms with Gasteiger partial charge in [0.1, 0.15) is 6.54 Å². The molecule has 0 aromatic heterocycles. The van der Waals surface area contributed by atoms with E-state index in [-0.39, 0.29) is 6.54 Å². The molecule has 0 fully saturated rings. The fourth-order valence-electron chi connectivity index (χ4n) is 1.10. The van der Waals surface area contributed by atoms with Gasteiger partial charge in [-0.05, 0) is 17.7 Å². The van der Waals surface area contributed by atoms with Crippen LogP contribution >= 0.6 is 0 Å². The van der Waals surface area contributed by atoms with Crippen molar-refractivity contribution in [3.8, 4) is 0 Å². The van der Waals surface area contributed by atoms with Crippen molar-refractivity contribution in [1.82, 2.24) is 5.01 Å². The van der Waals surface area contributed by atoms with Crippen molar-refractivity contribution in [2.75, 3.05) is 7.05 Å². The van der Waals surface area contributed by atoms with Crippen LogP contribution in [0.4, 0.5) is 0 Å². The van der Waals surface area contributed by atoms with Crippen LogP contribution in [0.3, 0.4) is 0 Å². The van der Waals surface area contributed by atoms with E-state index in [1.165, 1.54) is 7.05 Å². The third-order valence-electron chi connectivity index (χ3n) is 1.93. The van der Waals surface area contributed by atoms with Gasteiger partial charge in [-0.1, -0.05) is 12.1 Å². The second-order valence-corrected chi connectivity index (χ2v) is 3.11. The molecule has 6 heteroatoms. The summed E-state index contributed by atoms with van der Waals surface area (Å²) in [6.45, 7) is 0.187. The van der Waals surface area contributed by atoms with Crippen LogP contribution in [-0.4, -0.2) is 23.0 Å². The highest BCUT2D eigenvalue weighted by atomic mass is 16.7. The van der Waals surface area contributed by atoms with Crippen molar-refractivity contribution in [1.29, 1.82) is 0 Å². The van der Waals surface area contributed by atoms with Crippen LogP contribution in [0.25, 0.3) is 0 Å². The van der Waals surface area contributed by atoms with Gasteiger partial charge in [0.25, 0.3) is 0 Å². The number of carbonyl (C=O) groups excluding carboxylic acids is 1. The molecule has 1 amide bonds. The van der Waals surface area contributed by atoms with E-state index in [0.29, 0.717) is 5.56 Å². The van der Waals surface area contributed by atoms with Gasteiger partial charge in [-0.3, -0.25) is 4.79 Å². The smallest absolute Gasteiger partial charge is 0.248 e. The SMILES string of the molecule is CN(Cc1ccc(C(N)=O)cc1)[N+](=O)[O-]. The van der Waals surface area contributed by atoms with Crippen LogP contribution in [-0.2, 0) is 6.54 Å². The van der Waals surface area contributed by atoms with Gasteiger partial charge < -0.3 is 5.73 Å². The lowest BCUT2D eigenvalue weighted by Gasteiger charge is -2.08. The molecule has 1 aromatic carbocycles. The van der Waals surface area contributed by atoms with Gasteiger partial charge >= 0.3 is 0 Å². The summed E-state index contributed by atoms with van der Waals surface area (Å²) in [6, 6.07) is 6.37. The van der Waals surface area contributed by atoms with E-state index in [0.717, 1.165) is 10.6 Å². The molecular formula is C9H11N3O3. The lowest BCUT2D eigenvalue weighted by atomic mass is 10.1. The minimum absolute atomic E-state index is 0.187. The maximum Gasteiger partial charge on any atom is 0.248 e. The maximum atomic E-state index is 10.7. The number of primary amides is 1. The van der Waals surface area contributed by atoms with Gasteiger partial charge in [-0.25, -0.2) is 10.1 Å². The Morgan fingerprint density at radius 2 is 2.00 bits per heavy atom. The average molecular weight is 209 g/mol. The third-order valence-corrected chi connectivity index (χ3v) is 1.93. The lowest BCUT2D eigenvalue weighted by Crippen LogP contribution is -2.24. The Kier molecular flexibility index (Phi) is 3.22. The Morgan fingerprint density at radius 3 is 2.40 bits per heavy atom. The van der Waals surface area contributed by atoms with Crippen LogP contribution in [0.2, 0.25) is 0 Å². The zero-order valence-corrected chi connectivity index (χ0v) is 8.21. The summed E-state index contributed by atoms with van der Waals surface area (Å²) >= 11 is 0. The zero-order chi connectivity index (χ0) is 11.4. The molecule has 0 saturated heterocycles. The molecule has 1 rings (SSSR count). The lowest BCUT2D eigenvalue weighted by molar-refractivity contribution is -0.652. The van der Waals surface area contributed by atoms with E-state index < -0.39 is 10.9 Å². The van der Waals surface area contributed by atoms with E-state index in [9.17, 15) is 14.9 Å². The summed E-state index contributed by atoms with van der Waals surface area (Å²) in [5.74, 6) is -0.510. The number of nitrogens with zero attached hydrogens (tertiary/aromatic N) is 2. The Morgan fingerprint density at radius 1 is 1.47 bits per heavy atom. The molecule has 0 unspecified atom stereocenters. The fourth-order valence-corrected chi connectivity index (χ4v) is 1.10. The molecule has 0 aliphatic heterocycles. The van der Waals surface area contributed by atoms with Crippen molar-refractivity contribution in [3.63, 3.8) is 0 Å². The highest BCUT2D eigenvalue weighted by Gasteiger charge is 2.08. The second-order valence-electron chi connectivity index (χ2n) is 3.11. The summed E-state index contributed by atoms with van der Waals surface area (Å²) in [5.41, 5.74) is 6.20. The van der Waals surface area contributed by atoms with Crippen molar-refractivity contribution >= 4 is 5.91 Å². The topological polar surface area (TPSA) is 89.5 Å². The number of rotatable bonds is 4. The van der Waals surface area contributed by atoms with Gasteiger partial charge in [0.2, 0.25) is 5.91 Å². The second kappa shape index (κ2) is 4.41. The zero-order valence-electron chi connectivity index (χ0n) is 8.21. The number of amides is 1. The molecule has 0 spiro atoms. The quantitative estimate of drug-likeness (QED) is 0.574. The van der Waals surface area contributed by atoms with Crippen molar-refractivity contribution in [3.05, 3.63) is 45.5 Å². The first-order valence-corrected chi connectivity index (χ1v) is 4.25. The number of hydrogen-bond acceptors (Lipinski definition) is 3. The highest BCUT2D eigenvalue weighted by Crippen LogP contribution is 2.06. The summed E-state index contributed by atoms with van der Waals surface area (Å²) < 4.78 is 0. The van der Waals surface area contributed by atoms with Gasteiger partial charge in [-0.2, -0.15) is 0 Å². The standard InChI is InChI=1S/C9H11N3O3/c1-11(12(14)15)6-7-2-4-8(5-3-7)9(10)13/h2-5H,6H2,1H3,(H2,10,13). The fraction of sp³-hybridized carbons (Fsp3) is 0.222. The minimum Gasteiger partial charge on any atom is -0.366 e. The van der Waals surface area contributed by atoms with Gasteiger partial charge in [0.15, 0.2) is 5.03 Å². The minimum atomic E-state index is -0.510. The predicted octanol–water partition coefficient (Wildman–Crippen LogP) is 0.409. The van der Waals surface area contributed by atoms with E-state index >= 15 is 0 Å². The number of hydrazine groups is 1. The molecule has 0 saturated carbocycles.